The highest BCUT2D eigenvalue weighted by Crippen LogP contribution is 2.25. The predicted octanol–water partition coefficient (Wildman–Crippen LogP) is 0.394. The van der Waals surface area contributed by atoms with E-state index in [4.69, 9.17) is 15.2 Å². The van der Waals surface area contributed by atoms with Crippen LogP contribution in [-0.2, 0) is 0 Å². The van der Waals surface area contributed by atoms with Gasteiger partial charge in [0.25, 0.3) is 0 Å². The smallest absolute Gasteiger partial charge is 0.161 e. The van der Waals surface area contributed by atoms with E-state index in [1.165, 1.54) is 0 Å². The van der Waals surface area contributed by atoms with Gasteiger partial charge in [-0.1, -0.05) is 12.1 Å². The van der Waals surface area contributed by atoms with Gasteiger partial charge in [0.15, 0.2) is 11.5 Å². The molecule has 0 saturated carbocycles. The van der Waals surface area contributed by atoms with Crippen molar-refractivity contribution in [1.29, 1.82) is 0 Å². The maximum atomic E-state index is 9.19. The molecular formula is C10H15NO3. The zero-order valence-corrected chi connectivity index (χ0v) is 8.14. The molecule has 0 aliphatic rings. The standard InChI is InChI=1S/C10H15NO3/c1-13-9-4-2-3-5-10(9)14-7-8(12)6-11/h2-5,8,12H,6-7,11H2,1H3/t8-/m0/s1. The van der Waals surface area contributed by atoms with Gasteiger partial charge in [0, 0.05) is 6.54 Å². The maximum absolute atomic E-state index is 9.19. The molecule has 4 nitrogen and oxygen atoms in total. The Balaban J connectivity index is 2.57. The monoisotopic (exact) mass is 197 g/mol. The summed E-state index contributed by atoms with van der Waals surface area (Å²) in [6.45, 7) is 0.367. The molecule has 0 spiro atoms. The number of hydrogen-bond acceptors (Lipinski definition) is 4. The number of para-hydroxylation sites is 2. The van der Waals surface area contributed by atoms with Crippen LogP contribution in [0.25, 0.3) is 0 Å². The van der Waals surface area contributed by atoms with E-state index in [1.54, 1.807) is 19.2 Å². The lowest BCUT2D eigenvalue weighted by atomic mass is 10.3. The molecule has 0 unspecified atom stereocenters. The summed E-state index contributed by atoms with van der Waals surface area (Å²) in [5.41, 5.74) is 5.25. The minimum atomic E-state index is -0.639. The normalized spacial score (nSPS) is 12.2. The lowest BCUT2D eigenvalue weighted by Gasteiger charge is -2.12. The average Bonchev–Trinajstić information content (AvgIpc) is 2.26. The fourth-order valence-electron chi connectivity index (χ4n) is 0.992. The van der Waals surface area contributed by atoms with Gasteiger partial charge in [-0.15, -0.1) is 0 Å². The first-order chi connectivity index (χ1) is 6.77. The fraction of sp³-hybridized carbons (Fsp3) is 0.400. The maximum Gasteiger partial charge on any atom is 0.161 e. The third kappa shape index (κ3) is 2.90. The van der Waals surface area contributed by atoms with Crippen molar-refractivity contribution in [1.82, 2.24) is 0 Å². The van der Waals surface area contributed by atoms with Gasteiger partial charge in [-0.2, -0.15) is 0 Å². The molecule has 0 saturated heterocycles. The van der Waals surface area contributed by atoms with Crippen LogP contribution in [0.1, 0.15) is 0 Å². The van der Waals surface area contributed by atoms with E-state index in [2.05, 4.69) is 0 Å². The van der Waals surface area contributed by atoms with E-state index in [0.29, 0.717) is 11.5 Å². The van der Waals surface area contributed by atoms with Gasteiger partial charge in [0.05, 0.1) is 7.11 Å². The van der Waals surface area contributed by atoms with Crippen molar-refractivity contribution in [2.45, 2.75) is 6.10 Å². The predicted molar refractivity (Wildman–Crippen MR) is 53.6 cm³/mol. The largest absolute Gasteiger partial charge is 0.493 e. The van der Waals surface area contributed by atoms with Crippen molar-refractivity contribution >= 4 is 0 Å². The number of aliphatic hydroxyl groups excluding tert-OH is 1. The van der Waals surface area contributed by atoms with Crippen LogP contribution < -0.4 is 15.2 Å². The number of ether oxygens (including phenoxy) is 2. The lowest BCUT2D eigenvalue weighted by molar-refractivity contribution is 0.112. The third-order valence-electron chi connectivity index (χ3n) is 1.77. The Morgan fingerprint density at radius 1 is 1.36 bits per heavy atom. The minimum absolute atomic E-state index is 0.177. The molecule has 0 heterocycles. The summed E-state index contributed by atoms with van der Waals surface area (Å²) in [7, 11) is 1.57. The van der Waals surface area contributed by atoms with Crippen LogP contribution in [0.3, 0.4) is 0 Å². The van der Waals surface area contributed by atoms with Crippen molar-refractivity contribution < 1.29 is 14.6 Å². The first kappa shape index (κ1) is 10.8. The van der Waals surface area contributed by atoms with E-state index in [1.807, 2.05) is 12.1 Å². The summed E-state index contributed by atoms with van der Waals surface area (Å²) in [5.74, 6) is 1.26. The Kier molecular flexibility index (Phi) is 4.22. The lowest BCUT2D eigenvalue weighted by Crippen LogP contribution is -2.26. The molecule has 0 aliphatic carbocycles. The first-order valence-electron chi connectivity index (χ1n) is 4.42. The van der Waals surface area contributed by atoms with Gasteiger partial charge >= 0.3 is 0 Å². The Hall–Kier alpha value is -1.26. The molecule has 1 atom stereocenters. The number of aliphatic hydroxyl groups is 1. The van der Waals surface area contributed by atoms with E-state index < -0.39 is 6.10 Å². The second kappa shape index (κ2) is 5.47. The number of hydrogen-bond donors (Lipinski definition) is 2. The van der Waals surface area contributed by atoms with Crippen LogP contribution in [0.2, 0.25) is 0 Å². The number of benzene rings is 1. The molecule has 14 heavy (non-hydrogen) atoms. The highest BCUT2D eigenvalue weighted by molar-refractivity contribution is 5.39. The minimum Gasteiger partial charge on any atom is -0.493 e. The highest BCUT2D eigenvalue weighted by Gasteiger charge is 2.05. The molecular weight excluding hydrogens is 182 g/mol. The van der Waals surface area contributed by atoms with Crippen molar-refractivity contribution in [3.8, 4) is 11.5 Å². The molecule has 0 aliphatic heterocycles. The van der Waals surface area contributed by atoms with Crippen molar-refractivity contribution in [2.75, 3.05) is 20.3 Å². The zero-order chi connectivity index (χ0) is 10.4. The van der Waals surface area contributed by atoms with Gasteiger partial charge < -0.3 is 20.3 Å². The average molecular weight is 197 g/mol. The topological polar surface area (TPSA) is 64.7 Å². The molecule has 3 N–H and O–H groups in total. The third-order valence-corrected chi connectivity index (χ3v) is 1.77. The summed E-state index contributed by atoms with van der Waals surface area (Å²) < 4.78 is 10.4. The van der Waals surface area contributed by atoms with Gasteiger partial charge in [0.1, 0.15) is 12.7 Å². The number of rotatable bonds is 5. The molecule has 1 aromatic carbocycles. The van der Waals surface area contributed by atoms with Crippen LogP contribution >= 0.6 is 0 Å². The van der Waals surface area contributed by atoms with Crippen molar-refractivity contribution in [2.24, 2.45) is 5.73 Å². The molecule has 0 fully saturated rings. The Bertz CT molecular complexity index is 278. The van der Waals surface area contributed by atoms with Crippen LogP contribution in [-0.4, -0.2) is 31.5 Å². The molecule has 0 aromatic heterocycles. The molecule has 0 bridgehead atoms. The van der Waals surface area contributed by atoms with E-state index >= 15 is 0 Å². The quantitative estimate of drug-likeness (QED) is 0.716. The molecule has 1 rings (SSSR count). The van der Waals surface area contributed by atoms with Crippen LogP contribution in [0.15, 0.2) is 24.3 Å². The van der Waals surface area contributed by atoms with Gasteiger partial charge in [-0.05, 0) is 12.1 Å². The number of nitrogens with two attached hydrogens (primary N) is 1. The second-order valence-electron chi connectivity index (χ2n) is 2.85. The van der Waals surface area contributed by atoms with E-state index in [9.17, 15) is 5.11 Å². The zero-order valence-electron chi connectivity index (χ0n) is 8.14. The molecule has 4 heteroatoms. The molecule has 0 radical (unpaired) electrons. The Labute approximate surface area is 83.3 Å². The molecule has 1 aromatic rings. The Morgan fingerprint density at radius 2 is 2.00 bits per heavy atom. The van der Waals surface area contributed by atoms with Crippen LogP contribution in [0.4, 0.5) is 0 Å². The highest BCUT2D eigenvalue weighted by atomic mass is 16.5. The van der Waals surface area contributed by atoms with Crippen LogP contribution in [0.5, 0.6) is 11.5 Å². The van der Waals surface area contributed by atoms with Gasteiger partial charge in [0.2, 0.25) is 0 Å². The summed E-state index contributed by atoms with van der Waals surface area (Å²) >= 11 is 0. The second-order valence-corrected chi connectivity index (χ2v) is 2.85. The van der Waals surface area contributed by atoms with Crippen molar-refractivity contribution in [3.63, 3.8) is 0 Å². The summed E-state index contributed by atoms with van der Waals surface area (Å²) in [4.78, 5) is 0. The Morgan fingerprint density at radius 3 is 2.57 bits per heavy atom. The van der Waals surface area contributed by atoms with Gasteiger partial charge in [-0.25, -0.2) is 0 Å². The SMILES string of the molecule is COc1ccccc1OC[C@@H](O)CN. The molecule has 0 amide bonds. The van der Waals surface area contributed by atoms with E-state index in [0.717, 1.165) is 0 Å². The summed E-state index contributed by atoms with van der Waals surface area (Å²) in [6, 6.07) is 7.27. The first-order valence-corrected chi connectivity index (χ1v) is 4.42. The van der Waals surface area contributed by atoms with Gasteiger partial charge in [-0.3, -0.25) is 0 Å². The number of methoxy groups -OCH3 is 1. The summed E-state index contributed by atoms with van der Waals surface area (Å²) in [6.07, 6.45) is -0.639. The van der Waals surface area contributed by atoms with Crippen molar-refractivity contribution in [3.05, 3.63) is 24.3 Å². The summed E-state index contributed by atoms with van der Waals surface area (Å²) in [5, 5.41) is 9.19. The molecule has 78 valence electrons. The van der Waals surface area contributed by atoms with E-state index in [-0.39, 0.29) is 13.2 Å². The fourth-order valence-corrected chi connectivity index (χ4v) is 0.992. The van der Waals surface area contributed by atoms with Crippen LogP contribution in [0, 0.1) is 0 Å².